The van der Waals surface area contributed by atoms with Crippen LogP contribution in [0.3, 0.4) is 0 Å². The quantitative estimate of drug-likeness (QED) is 0.172. The number of anilines is 1. The number of hydrogen-bond donors (Lipinski definition) is 1. The molecule has 0 aromatic heterocycles. The van der Waals surface area contributed by atoms with E-state index in [0.29, 0.717) is 22.9 Å². The van der Waals surface area contributed by atoms with Gasteiger partial charge in [0.05, 0.1) is 17.7 Å². The molecular weight excluding hydrogens is 622 g/mol. The van der Waals surface area contributed by atoms with Crippen LogP contribution in [-0.2, 0) is 32.6 Å². The van der Waals surface area contributed by atoms with Crippen molar-refractivity contribution in [3.05, 3.63) is 125 Å². The van der Waals surface area contributed by atoms with Gasteiger partial charge in [-0.3, -0.25) is 13.9 Å². The highest BCUT2D eigenvalue weighted by Gasteiger charge is 2.35. The maximum absolute atomic E-state index is 14.6. The molecule has 0 aliphatic rings. The first-order valence-corrected chi connectivity index (χ1v) is 16.9. The second kappa shape index (κ2) is 15.8. The van der Waals surface area contributed by atoms with Crippen molar-refractivity contribution in [1.82, 2.24) is 10.2 Å². The summed E-state index contributed by atoms with van der Waals surface area (Å²) in [6.07, 6.45) is 0.224. The van der Waals surface area contributed by atoms with Crippen molar-refractivity contribution in [1.29, 1.82) is 0 Å². The number of ether oxygens (including phenoxy) is 1. The molecule has 4 rings (SSSR count). The molecule has 242 valence electrons. The number of methoxy groups -OCH3 is 1. The predicted octanol–water partition coefficient (Wildman–Crippen LogP) is 6.26. The molecule has 0 spiro atoms. The number of rotatable bonds is 14. The number of carbonyl (C=O) groups excluding carboxylic acids is 2. The maximum atomic E-state index is 14.6. The van der Waals surface area contributed by atoms with E-state index in [4.69, 9.17) is 16.3 Å². The fraction of sp³-hybridized carbons (Fsp3) is 0.278. The van der Waals surface area contributed by atoms with E-state index in [1.54, 1.807) is 62.6 Å². The predicted molar refractivity (Wildman–Crippen MR) is 182 cm³/mol. The standard InChI is InChI=1S/C36H40ClN3O5S/c1-26(2)23-38-36(42)34(22-28-13-7-5-8-14-28)39(24-29-15-11-16-30(21-29)45-4)35(41)25-40(33-20-12-19-32(37)27(33)3)46(43,44)31-17-9-6-10-18-31/h5-21,26,34H,22-25H2,1-4H3,(H,38,42)/t34-/m0/s1. The number of sulfonamides is 1. The Morgan fingerprint density at radius 3 is 2.15 bits per heavy atom. The average molecular weight is 662 g/mol. The van der Waals surface area contributed by atoms with E-state index in [1.165, 1.54) is 17.0 Å². The molecule has 10 heteroatoms. The lowest BCUT2D eigenvalue weighted by atomic mass is 10.0. The summed E-state index contributed by atoms with van der Waals surface area (Å²) < 4.78 is 34.9. The number of halogens is 1. The Kier molecular flexibility index (Phi) is 11.8. The Labute approximate surface area is 277 Å². The minimum Gasteiger partial charge on any atom is -0.497 e. The normalized spacial score (nSPS) is 12.0. The molecule has 4 aromatic rings. The minimum absolute atomic E-state index is 0.0250. The smallest absolute Gasteiger partial charge is 0.264 e. The van der Waals surface area contributed by atoms with Gasteiger partial charge in [0.1, 0.15) is 18.3 Å². The van der Waals surface area contributed by atoms with Gasteiger partial charge in [-0.25, -0.2) is 8.42 Å². The van der Waals surface area contributed by atoms with Crippen LogP contribution >= 0.6 is 11.6 Å². The molecule has 0 bridgehead atoms. The molecule has 0 unspecified atom stereocenters. The summed E-state index contributed by atoms with van der Waals surface area (Å²) in [6, 6.07) is 28.6. The van der Waals surface area contributed by atoms with E-state index in [1.807, 2.05) is 56.3 Å². The lowest BCUT2D eigenvalue weighted by molar-refractivity contribution is -0.140. The molecule has 0 fully saturated rings. The zero-order chi connectivity index (χ0) is 33.3. The number of hydrogen-bond acceptors (Lipinski definition) is 5. The zero-order valence-electron chi connectivity index (χ0n) is 26.5. The molecule has 1 N–H and O–H groups in total. The summed E-state index contributed by atoms with van der Waals surface area (Å²) in [5.74, 6) is -0.106. The van der Waals surface area contributed by atoms with Gasteiger partial charge >= 0.3 is 0 Å². The Balaban J connectivity index is 1.83. The van der Waals surface area contributed by atoms with E-state index in [0.717, 1.165) is 15.4 Å². The first-order chi connectivity index (χ1) is 22.0. The first-order valence-electron chi connectivity index (χ1n) is 15.1. The Hall–Kier alpha value is -4.34. The van der Waals surface area contributed by atoms with Crippen LogP contribution in [-0.4, -0.2) is 51.4 Å². The van der Waals surface area contributed by atoms with Crippen LogP contribution in [0.4, 0.5) is 5.69 Å². The van der Waals surface area contributed by atoms with Gasteiger partial charge in [0, 0.05) is 24.5 Å². The fourth-order valence-electron chi connectivity index (χ4n) is 5.04. The number of nitrogens with one attached hydrogen (secondary N) is 1. The van der Waals surface area contributed by atoms with Crippen molar-refractivity contribution in [2.45, 2.75) is 44.7 Å². The van der Waals surface area contributed by atoms with Gasteiger partial charge in [-0.05, 0) is 65.9 Å². The van der Waals surface area contributed by atoms with Crippen LogP contribution in [0.15, 0.2) is 108 Å². The van der Waals surface area contributed by atoms with Crippen molar-refractivity contribution in [2.75, 3.05) is 24.5 Å². The maximum Gasteiger partial charge on any atom is 0.264 e. The molecule has 0 heterocycles. The third-order valence-corrected chi connectivity index (χ3v) is 9.74. The Morgan fingerprint density at radius 1 is 0.870 bits per heavy atom. The van der Waals surface area contributed by atoms with Crippen LogP contribution in [0.1, 0.15) is 30.5 Å². The van der Waals surface area contributed by atoms with Gasteiger partial charge in [-0.2, -0.15) is 0 Å². The van der Waals surface area contributed by atoms with Crippen molar-refractivity contribution in [3.63, 3.8) is 0 Å². The van der Waals surface area contributed by atoms with Gasteiger partial charge in [-0.1, -0.05) is 92.2 Å². The van der Waals surface area contributed by atoms with Crippen molar-refractivity contribution >= 4 is 39.1 Å². The minimum atomic E-state index is -4.23. The molecule has 0 saturated heterocycles. The third-order valence-electron chi connectivity index (χ3n) is 7.56. The van der Waals surface area contributed by atoms with Crippen LogP contribution in [0.25, 0.3) is 0 Å². The third kappa shape index (κ3) is 8.68. The number of benzene rings is 4. The highest BCUT2D eigenvalue weighted by Crippen LogP contribution is 2.31. The van der Waals surface area contributed by atoms with E-state index < -0.39 is 28.5 Å². The molecule has 0 aliphatic carbocycles. The molecule has 8 nitrogen and oxygen atoms in total. The Morgan fingerprint density at radius 2 is 1.50 bits per heavy atom. The van der Waals surface area contributed by atoms with Gasteiger partial charge in [0.2, 0.25) is 11.8 Å². The van der Waals surface area contributed by atoms with E-state index in [9.17, 15) is 18.0 Å². The second-order valence-electron chi connectivity index (χ2n) is 11.4. The van der Waals surface area contributed by atoms with E-state index >= 15 is 0 Å². The zero-order valence-corrected chi connectivity index (χ0v) is 28.1. The van der Waals surface area contributed by atoms with Crippen LogP contribution in [0.5, 0.6) is 5.75 Å². The molecule has 4 aromatic carbocycles. The number of carbonyl (C=O) groups is 2. The molecule has 0 saturated carbocycles. The van der Waals surface area contributed by atoms with Gasteiger partial charge < -0.3 is 15.0 Å². The molecule has 2 amide bonds. The van der Waals surface area contributed by atoms with Crippen molar-refractivity contribution < 1.29 is 22.7 Å². The van der Waals surface area contributed by atoms with Gasteiger partial charge in [-0.15, -0.1) is 0 Å². The topological polar surface area (TPSA) is 96.0 Å². The fourth-order valence-corrected chi connectivity index (χ4v) is 6.71. The average Bonchev–Trinajstić information content (AvgIpc) is 3.06. The molecule has 0 aliphatic heterocycles. The number of amides is 2. The van der Waals surface area contributed by atoms with Crippen molar-refractivity contribution in [3.8, 4) is 5.75 Å². The SMILES string of the molecule is COc1cccc(CN(C(=O)CN(c2cccc(Cl)c2C)S(=O)(=O)c2ccccc2)[C@@H](Cc2ccccc2)C(=O)NCC(C)C)c1. The van der Waals surface area contributed by atoms with Crippen molar-refractivity contribution in [2.24, 2.45) is 5.92 Å². The van der Waals surface area contributed by atoms with E-state index in [2.05, 4.69) is 5.32 Å². The number of nitrogens with zero attached hydrogens (tertiary/aromatic N) is 2. The molecule has 46 heavy (non-hydrogen) atoms. The highest BCUT2D eigenvalue weighted by molar-refractivity contribution is 7.92. The van der Waals surface area contributed by atoms with Crippen LogP contribution in [0.2, 0.25) is 5.02 Å². The van der Waals surface area contributed by atoms with Crippen LogP contribution in [0, 0.1) is 12.8 Å². The summed E-state index contributed by atoms with van der Waals surface area (Å²) in [7, 11) is -2.67. The largest absolute Gasteiger partial charge is 0.497 e. The van der Waals surface area contributed by atoms with E-state index in [-0.39, 0.29) is 35.4 Å². The first kappa shape index (κ1) is 34.5. The summed E-state index contributed by atoms with van der Waals surface area (Å²) in [5, 5.41) is 3.36. The lowest BCUT2D eigenvalue weighted by Gasteiger charge is -2.34. The molecular formula is C36H40ClN3O5S. The summed E-state index contributed by atoms with van der Waals surface area (Å²) >= 11 is 6.45. The van der Waals surface area contributed by atoms with Gasteiger partial charge in [0.25, 0.3) is 10.0 Å². The summed E-state index contributed by atoms with van der Waals surface area (Å²) in [5.41, 5.74) is 2.36. The van der Waals surface area contributed by atoms with Gasteiger partial charge in [0.15, 0.2) is 0 Å². The lowest BCUT2D eigenvalue weighted by Crippen LogP contribution is -2.53. The second-order valence-corrected chi connectivity index (χ2v) is 13.7. The monoisotopic (exact) mass is 661 g/mol. The molecule has 0 radical (unpaired) electrons. The molecule has 1 atom stereocenters. The summed E-state index contributed by atoms with van der Waals surface area (Å²) in [6.45, 7) is 5.58. The Bertz CT molecular complexity index is 1730. The highest BCUT2D eigenvalue weighted by atomic mass is 35.5. The summed E-state index contributed by atoms with van der Waals surface area (Å²) in [4.78, 5) is 30.0. The van der Waals surface area contributed by atoms with Crippen LogP contribution < -0.4 is 14.4 Å².